The smallest absolute Gasteiger partial charge is 0.263 e. The molecule has 0 saturated heterocycles. The number of aromatic nitrogens is 5. The molecular formula is C23H21N7O3S3. The van der Waals surface area contributed by atoms with Crippen molar-refractivity contribution in [1.29, 1.82) is 0 Å². The Hall–Kier alpha value is -3.55. The highest BCUT2D eigenvalue weighted by Crippen LogP contribution is 2.30. The quantitative estimate of drug-likeness (QED) is 0.275. The van der Waals surface area contributed by atoms with Crippen LogP contribution in [0, 0.1) is 0 Å². The summed E-state index contributed by atoms with van der Waals surface area (Å²) in [4.78, 5) is 21.2. The minimum Gasteiger partial charge on any atom is -0.325 e. The first-order chi connectivity index (χ1) is 17.3. The molecule has 0 radical (unpaired) electrons. The van der Waals surface area contributed by atoms with Crippen LogP contribution in [0.5, 0.6) is 0 Å². The van der Waals surface area contributed by atoms with Gasteiger partial charge < -0.3 is 9.88 Å². The molecule has 3 aromatic heterocycles. The van der Waals surface area contributed by atoms with E-state index in [0.29, 0.717) is 10.8 Å². The Labute approximate surface area is 215 Å². The van der Waals surface area contributed by atoms with E-state index in [1.807, 2.05) is 24.3 Å². The molecule has 3 heterocycles. The molecule has 13 heteroatoms. The summed E-state index contributed by atoms with van der Waals surface area (Å²) in [5.41, 5.74) is 2.97. The van der Waals surface area contributed by atoms with Crippen molar-refractivity contribution in [2.45, 2.75) is 29.9 Å². The number of hydrogen-bond acceptors (Lipinski definition) is 9. The number of anilines is 2. The largest absolute Gasteiger partial charge is 0.325 e. The molecule has 36 heavy (non-hydrogen) atoms. The van der Waals surface area contributed by atoms with E-state index < -0.39 is 10.0 Å². The van der Waals surface area contributed by atoms with Crippen LogP contribution in [0.4, 0.5) is 10.8 Å². The van der Waals surface area contributed by atoms with Crippen LogP contribution < -0.4 is 10.0 Å². The van der Waals surface area contributed by atoms with Gasteiger partial charge in [0, 0.05) is 28.7 Å². The first-order valence-corrected chi connectivity index (χ1v) is 14.2. The van der Waals surface area contributed by atoms with Crippen molar-refractivity contribution in [3.8, 4) is 0 Å². The van der Waals surface area contributed by atoms with E-state index in [2.05, 4.69) is 48.6 Å². The molecule has 0 fully saturated rings. The fourth-order valence-electron chi connectivity index (χ4n) is 3.72. The highest BCUT2D eigenvalue weighted by Gasteiger charge is 2.18. The summed E-state index contributed by atoms with van der Waals surface area (Å²) in [6, 6.07) is 14.0. The molecule has 0 unspecified atom stereocenters. The second kappa shape index (κ2) is 9.84. The Bertz CT molecular complexity index is 1650. The molecule has 0 atom stereocenters. The SMILES string of the molecule is CC(C)n1c2ccccc2c2nnc(SCC(=O)Nc3ccc(S(=O)(=O)Nc4nccs4)cc3)nc21. The van der Waals surface area contributed by atoms with E-state index in [0.717, 1.165) is 22.1 Å². The van der Waals surface area contributed by atoms with Crippen molar-refractivity contribution in [3.05, 3.63) is 60.1 Å². The van der Waals surface area contributed by atoms with Gasteiger partial charge in [0.1, 0.15) is 5.52 Å². The minimum absolute atomic E-state index is 0.0680. The zero-order valence-electron chi connectivity index (χ0n) is 19.2. The predicted octanol–water partition coefficient (Wildman–Crippen LogP) is 4.55. The number of amides is 1. The predicted molar refractivity (Wildman–Crippen MR) is 142 cm³/mol. The zero-order chi connectivity index (χ0) is 25.3. The van der Waals surface area contributed by atoms with Crippen molar-refractivity contribution >= 4 is 71.9 Å². The number of thiazole rings is 1. The summed E-state index contributed by atoms with van der Waals surface area (Å²) >= 11 is 2.37. The maximum atomic E-state index is 12.5. The molecule has 0 spiro atoms. The van der Waals surface area contributed by atoms with Crippen LogP contribution in [0.15, 0.2) is 70.2 Å². The molecule has 0 aliphatic heterocycles. The molecule has 2 aromatic carbocycles. The average Bonchev–Trinajstić information content (AvgIpc) is 3.48. The monoisotopic (exact) mass is 539 g/mol. The number of thioether (sulfide) groups is 1. The number of benzene rings is 2. The maximum Gasteiger partial charge on any atom is 0.263 e. The summed E-state index contributed by atoms with van der Waals surface area (Å²) < 4.78 is 29.4. The molecular weight excluding hydrogens is 519 g/mol. The molecule has 0 aliphatic carbocycles. The Morgan fingerprint density at radius 1 is 1.11 bits per heavy atom. The zero-order valence-corrected chi connectivity index (χ0v) is 21.7. The summed E-state index contributed by atoms with van der Waals surface area (Å²) in [5.74, 6) is -0.203. The van der Waals surface area contributed by atoms with Crippen molar-refractivity contribution in [3.63, 3.8) is 0 Å². The van der Waals surface area contributed by atoms with E-state index >= 15 is 0 Å². The Balaban J connectivity index is 1.26. The fraction of sp³-hybridized carbons (Fsp3) is 0.174. The number of rotatable bonds is 8. The van der Waals surface area contributed by atoms with Gasteiger partial charge in [0.25, 0.3) is 10.0 Å². The third-order valence-corrected chi connectivity index (χ3v) is 8.26. The van der Waals surface area contributed by atoms with Gasteiger partial charge >= 0.3 is 0 Å². The van der Waals surface area contributed by atoms with Crippen LogP contribution in [0.2, 0.25) is 0 Å². The third kappa shape index (κ3) is 4.90. The van der Waals surface area contributed by atoms with Gasteiger partial charge in [-0.05, 0) is 44.2 Å². The number of sulfonamides is 1. The number of hydrogen-bond donors (Lipinski definition) is 2. The molecule has 2 N–H and O–H groups in total. The lowest BCUT2D eigenvalue weighted by molar-refractivity contribution is -0.113. The van der Waals surface area contributed by atoms with Gasteiger partial charge in [-0.2, -0.15) is 0 Å². The van der Waals surface area contributed by atoms with E-state index in [1.54, 1.807) is 5.38 Å². The van der Waals surface area contributed by atoms with Crippen LogP contribution in [0.3, 0.4) is 0 Å². The number of nitrogens with one attached hydrogen (secondary N) is 2. The standard InChI is InChI=1S/C23H21N7O3S3/c1-14(2)30-18-6-4-3-5-17(18)20-21(30)26-23(28-27-20)35-13-19(31)25-15-7-9-16(10-8-15)36(32,33)29-22-24-11-12-34-22/h3-12,14H,13H2,1-2H3,(H,24,29)(H,25,31). The summed E-state index contributed by atoms with van der Waals surface area (Å²) in [7, 11) is -3.76. The van der Waals surface area contributed by atoms with E-state index in [-0.39, 0.29) is 27.7 Å². The topological polar surface area (TPSA) is 132 Å². The first kappa shape index (κ1) is 24.2. The van der Waals surface area contributed by atoms with E-state index in [4.69, 9.17) is 0 Å². The van der Waals surface area contributed by atoms with Crippen molar-refractivity contribution in [2.24, 2.45) is 0 Å². The van der Waals surface area contributed by atoms with Gasteiger partial charge in [-0.15, -0.1) is 21.5 Å². The van der Waals surface area contributed by atoms with Gasteiger partial charge in [-0.3, -0.25) is 9.52 Å². The fourth-order valence-corrected chi connectivity index (χ4v) is 6.09. The number of para-hydroxylation sites is 1. The lowest BCUT2D eigenvalue weighted by atomic mass is 10.2. The average molecular weight is 540 g/mol. The third-order valence-electron chi connectivity index (χ3n) is 5.25. The van der Waals surface area contributed by atoms with Crippen molar-refractivity contribution < 1.29 is 13.2 Å². The molecule has 1 amide bonds. The first-order valence-electron chi connectivity index (χ1n) is 10.9. The summed E-state index contributed by atoms with van der Waals surface area (Å²) in [6.07, 6.45) is 1.52. The van der Waals surface area contributed by atoms with E-state index in [9.17, 15) is 13.2 Å². The van der Waals surface area contributed by atoms with Crippen LogP contribution >= 0.6 is 23.1 Å². The molecule has 5 aromatic rings. The molecule has 5 rings (SSSR count). The normalized spacial score (nSPS) is 11.9. The van der Waals surface area contributed by atoms with Crippen molar-refractivity contribution in [1.82, 2.24) is 24.7 Å². The second-order valence-corrected chi connectivity index (χ2v) is 11.6. The number of nitrogens with zero attached hydrogens (tertiary/aromatic N) is 5. The van der Waals surface area contributed by atoms with Gasteiger partial charge in [0.05, 0.1) is 16.2 Å². The number of fused-ring (bicyclic) bond motifs is 3. The molecule has 0 aliphatic rings. The maximum absolute atomic E-state index is 12.5. The van der Waals surface area contributed by atoms with Gasteiger partial charge in [0.15, 0.2) is 10.8 Å². The molecule has 184 valence electrons. The lowest BCUT2D eigenvalue weighted by Gasteiger charge is -2.10. The van der Waals surface area contributed by atoms with Crippen LogP contribution in [-0.2, 0) is 14.8 Å². The minimum atomic E-state index is -3.76. The Morgan fingerprint density at radius 2 is 1.89 bits per heavy atom. The second-order valence-electron chi connectivity index (χ2n) is 8.05. The van der Waals surface area contributed by atoms with E-state index in [1.165, 1.54) is 53.6 Å². The Morgan fingerprint density at radius 3 is 2.61 bits per heavy atom. The van der Waals surface area contributed by atoms with Crippen molar-refractivity contribution in [2.75, 3.05) is 15.8 Å². The molecule has 10 nitrogen and oxygen atoms in total. The molecule has 0 saturated carbocycles. The highest BCUT2D eigenvalue weighted by atomic mass is 32.2. The lowest BCUT2D eigenvalue weighted by Crippen LogP contribution is -2.15. The van der Waals surface area contributed by atoms with Gasteiger partial charge in [-0.25, -0.2) is 18.4 Å². The highest BCUT2D eigenvalue weighted by molar-refractivity contribution is 7.99. The number of carbonyl (C=O) groups is 1. The van der Waals surface area contributed by atoms with Gasteiger partial charge in [0.2, 0.25) is 11.1 Å². The van der Waals surface area contributed by atoms with Gasteiger partial charge in [-0.1, -0.05) is 30.0 Å². The van der Waals surface area contributed by atoms with Crippen LogP contribution in [0.25, 0.3) is 22.1 Å². The van der Waals surface area contributed by atoms with Crippen LogP contribution in [0.1, 0.15) is 19.9 Å². The number of carbonyl (C=O) groups excluding carboxylic acids is 1. The summed E-state index contributed by atoms with van der Waals surface area (Å²) in [5, 5.41) is 14.7. The van der Waals surface area contributed by atoms with Crippen LogP contribution in [-0.4, -0.2) is 44.8 Å². The molecule has 0 bridgehead atoms. The summed E-state index contributed by atoms with van der Waals surface area (Å²) in [6.45, 7) is 4.17. The Kier molecular flexibility index (Phi) is 6.60.